The van der Waals surface area contributed by atoms with E-state index in [2.05, 4.69) is 15.5 Å². The molecule has 0 radical (unpaired) electrons. The van der Waals surface area contributed by atoms with Crippen LogP contribution in [0.5, 0.6) is 0 Å². The first-order valence-electron chi connectivity index (χ1n) is 12.7. The Morgan fingerprint density at radius 1 is 0.946 bits per heavy atom. The number of carbonyl (C=O) groups is 3. The number of nitrogens with zero attached hydrogens (tertiary/aromatic N) is 2. The molecule has 198 valence electrons. The number of hydrogen-bond donors (Lipinski definition) is 3. The number of carbonyl (C=O) groups excluding carboxylic acids is 3. The zero-order valence-electron chi connectivity index (χ0n) is 21.0. The molecule has 2 aromatic carbocycles. The third-order valence-electron chi connectivity index (χ3n) is 7.00. The van der Waals surface area contributed by atoms with Crippen molar-refractivity contribution in [1.29, 1.82) is 0 Å². The summed E-state index contributed by atoms with van der Waals surface area (Å²) in [5.41, 5.74) is 8.05. The Morgan fingerprint density at radius 2 is 1.65 bits per heavy atom. The number of amides is 3. The highest BCUT2D eigenvalue weighted by atomic mass is 19.1. The van der Waals surface area contributed by atoms with Crippen LogP contribution in [0.15, 0.2) is 42.5 Å². The molecule has 4 rings (SSSR count). The van der Waals surface area contributed by atoms with Crippen molar-refractivity contribution in [1.82, 2.24) is 10.2 Å². The molecule has 0 unspecified atom stereocenters. The van der Waals surface area contributed by atoms with Crippen LogP contribution in [0.3, 0.4) is 0 Å². The Hall–Kier alpha value is -3.66. The van der Waals surface area contributed by atoms with Crippen LogP contribution in [-0.4, -0.2) is 68.2 Å². The van der Waals surface area contributed by atoms with Gasteiger partial charge >= 0.3 is 6.09 Å². The Bertz CT molecular complexity index is 1120. The Balaban J connectivity index is 1.48. The van der Waals surface area contributed by atoms with Crippen molar-refractivity contribution >= 4 is 29.3 Å². The van der Waals surface area contributed by atoms with Crippen molar-refractivity contribution in [3.8, 4) is 0 Å². The third-order valence-corrected chi connectivity index (χ3v) is 7.00. The summed E-state index contributed by atoms with van der Waals surface area (Å²) in [6.07, 6.45) is 3.53. The van der Waals surface area contributed by atoms with Crippen molar-refractivity contribution in [3.05, 3.63) is 59.4 Å². The van der Waals surface area contributed by atoms with Crippen molar-refractivity contribution in [2.75, 3.05) is 43.5 Å². The number of methoxy groups -OCH3 is 1. The molecular formula is C27H34FN5O4. The molecule has 0 aromatic heterocycles. The van der Waals surface area contributed by atoms with E-state index in [0.717, 1.165) is 31.4 Å². The summed E-state index contributed by atoms with van der Waals surface area (Å²) in [4.78, 5) is 41.8. The molecule has 4 N–H and O–H groups in total. The molecule has 2 aromatic rings. The summed E-state index contributed by atoms with van der Waals surface area (Å²) in [5.74, 6) is -0.735. The number of rotatable bonds is 5. The largest absolute Gasteiger partial charge is 0.453 e. The summed E-state index contributed by atoms with van der Waals surface area (Å²) in [7, 11) is 1.28. The van der Waals surface area contributed by atoms with Gasteiger partial charge in [-0.25, -0.2) is 9.18 Å². The van der Waals surface area contributed by atoms with Crippen LogP contribution < -0.4 is 21.3 Å². The highest BCUT2D eigenvalue weighted by Crippen LogP contribution is 2.29. The molecule has 37 heavy (non-hydrogen) atoms. The molecule has 0 spiro atoms. The van der Waals surface area contributed by atoms with Gasteiger partial charge < -0.3 is 25.6 Å². The molecule has 2 fully saturated rings. The lowest BCUT2D eigenvalue weighted by Gasteiger charge is -2.28. The van der Waals surface area contributed by atoms with Crippen molar-refractivity contribution < 1.29 is 23.5 Å². The normalized spacial score (nSPS) is 20.1. The van der Waals surface area contributed by atoms with Crippen molar-refractivity contribution in [3.63, 3.8) is 0 Å². The molecular weight excluding hydrogens is 477 g/mol. The average Bonchev–Trinajstić information content (AvgIpc) is 3.16. The van der Waals surface area contributed by atoms with E-state index in [1.165, 1.54) is 31.4 Å². The van der Waals surface area contributed by atoms with E-state index >= 15 is 0 Å². The number of hydrogen-bond acceptors (Lipinski definition) is 6. The van der Waals surface area contributed by atoms with Gasteiger partial charge in [0.15, 0.2) is 0 Å². The predicted molar refractivity (Wildman–Crippen MR) is 139 cm³/mol. The van der Waals surface area contributed by atoms with Gasteiger partial charge in [0, 0.05) is 49.4 Å². The summed E-state index contributed by atoms with van der Waals surface area (Å²) in [6.45, 7) is 2.19. The van der Waals surface area contributed by atoms with Crippen LogP contribution in [0.2, 0.25) is 0 Å². The molecule has 1 saturated heterocycles. The maximum Gasteiger partial charge on any atom is 0.411 e. The van der Waals surface area contributed by atoms with E-state index in [4.69, 9.17) is 10.5 Å². The molecule has 0 atom stereocenters. The van der Waals surface area contributed by atoms with Gasteiger partial charge in [-0.15, -0.1) is 0 Å². The maximum absolute atomic E-state index is 13.3. The first-order valence-corrected chi connectivity index (χ1v) is 12.7. The second kappa shape index (κ2) is 12.1. The van der Waals surface area contributed by atoms with Crippen LogP contribution in [0.1, 0.15) is 52.8 Å². The number of nitrogens with one attached hydrogen (secondary N) is 2. The topological polar surface area (TPSA) is 117 Å². The molecule has 1 saturated carbocycles. The highest BCUT2D eigenvalue weighted by molar-refractivity contribution is 5.99. The summed E-state index contributed by atoms with van der Waals surface area (Å²) >= 11 is 0. The van der Waals surface area contributed by atoms with Crippen molar-refractivity contribution in [2.24, 2.45) is 5.73 Å². The third kappa shape index (κ3) is 6.76. The first-order chi connectivity index (χ1) is 17.8. The zero-order chi connectivity index (χ0) is 26.4. The zero-order valence-corrected chi connectivity index (χ0v) is 21.0. The molecule has 10 heteroatoms. The SMILES string of the molecule is COC(=O)Nc1cc(C(=O)NC2CCC(N)CC2)ccc1N1CCCN(C(=O)c2ccc(F)cc2)CC1. The second-order valence-corrected chi connectivity index (χ2v) is 9.57. The molecule has 1 heterocycles. The fourth-order valence-electron chi connectivity index (χ4n) is 4.88. The molecule has 2 aliphatic rings. The quantitative estimate of drug-likeness (QED) is 0.567. The number of anilines is 2. The standard InChI is InChI=1S/C27H34FN5O4/c1-37-27(36)31-23-17-19(25(34)30-22-10-8-21(29)9-11-22)5-12-24(23)32-13-2-14-33(16-15-32)26(35)18-3-6-20(28)7-4-18/h3-7,12,17,21-22H,2,8-11,13-16,29H2,1H3,(H,30,34)(H,31,36). The summed E-state index contributed by atoms with van der Waals surface area (Å²) < 4.78 is 18.1. The Labute approximate surface area is 216 Å². The number of halogens is 1. The van der Waals surface area contributed by atoms with Crippen LogP contribution in [0, 0.1) is 5.82 Å². The van der Waals surface area contributed by atoms with Gasteiger partial charge in [0.25, 0.3) is 11.8 Å². The molecule has 0 bridgehead atoms. The van der Waals surface area contributed by atoms with Gasteiger partial charge in [-0.1, -0.05) is 0 Å². The van der Waals surface area contributed by atoms with Crippen LogP contribution in [0.25, 0.3) is 0 Å². The van der Waals surface area contributed by atoms with Crippen LogP contribution in [-0.2, 0) is 4.74 Å². The predicted octanol–water partition coefficient (Wildman–Crippen LogP) is 3.36. The van der Waals surface area contributed by atoms with E-state index in [0.29, 0.717) is 49.4 Å². The molecule has 1 aliphatic carbocycles. The number of ether oxygens (including phenoxy) is 1. The van der Waals surface area contributed by atoms with Gasteiger partial charge in [-0.05, 0) is 74.6 Å². The fourth-order valence-corrected chi connectivity index (χ4v) is 4.88. The van der Waals surface area contributed by atoms with Gasteiger partial charge in [-0.2, -0.15) is 0 Å². The Kier molecular flexibility index (Phi) is 8.60. The molecule has 9 nitrogen and oxygen atoms in total. The van der Waals surface area contributed by atoms with E-state index < -0.39 is 6.09 Å². The molecule has 1 aliphatic heterocycles. The van der Waals surface area contributed by atoms with Gasteiger partial charge in [0.05, 0.1) is 18.5 Å². The monoisotopic (exact) mass is 511 g/mol. The lowest BCUT2D eigenvalue weighted by Crippen LogP contribution is -2.40. The fraction of sp³-hybridized carbons (Fsp3) is 0.444. The summed E-state index contributed by atoms with van der Waals surface area (Å²) in [6, 6.07) is 11.0. The van der Waals surface area contributed by atoms with Crippen LogP contribution >= 0.6 is 0 Å². The maximum atomic E-state index is 13.3. The minimum absolute atomic E-state index is 0.0826. The minimum Gasteiger partial charge on any atom is -0.453 e. The number of nitrogens with two attached hydrogens (primary N) is 1. The van der Waals surface area contributed by atoms with E-state index in [1.54, 1.807) is 17.0 Å². The summed E-state index contributed by atoms with van der Waals surface area (Å²) in [5, 5.41) is 5.81. The van der Waals surface area contributed by atoms with Gasteiger partial charge in [0.2, 0.25) is 0 Å². The number of benzene rings is 2. The lowest BCUT2D eigenvalue weighted by molar-refractivity contribution is 0.0766. The van der Waals surface area contributed by atoms with Gasteiger partial charge in [0.1, 0.15) is 5.82 Å². The second-order valence-electron chi connectivity index (χ2n) is 9.57. The first kappa shape index (κ1) is 26.4. The minimum atomic E-state index is -0.636. The highest BCUT2D eigenvalue weighted by Gasteiger charge is 2.24. The van der Waals surface area contributed by atoms with E-state index in [-0.39, 0.29) is 29.7 Å². The van der Waals surface area contributed by atoms with E-state index in [1.807, 2.05) is 6.07 Å². The Morgan fingerprint density at radius 3 is 2.35 bits per heavy atom. The molecule has 3 amide bonds. The van der Waals surface area contributed by atoms with Crippen molar-refractivity contribution in [2.45, 2.75) is 44.2 Å². The average molecular weight is 512 g/mol. The van der Waals surface area contributed by atoms with E-state index in [9.17, 15) is 18.8 Å². The van der Waals surface area contributed by atoms with Gasteiger partial charge in [-0.3, -0.25) is 14.9 Å². The lowest BCUT2D eigenvalue weighted by atomic mass is 9.91. The van der Waals surface area contributed by atoms with Crippen LogP contribution in [0.4, 0.5) is 20.6 Å². The smallest absolute Gasteiger partial charge is 0.411 e.